The molecule has 0 bridgehead atoms. The van der Waals surface area contributed by atoms with Gasteiger partial charge in [-0.1, -0.05) is 0 Å². The molecule has 1 aromatic carbocycles. The standard InChI is InChI=1S/C16H21F3N2O3S.ClH/c17-14-9-13(3-4-15(14)24-16(18)19)25(22,23)21-7-5-12(6-8-21)20-10-11-1-2-11;/h3-4,9,11-12,16,20H,1-2,5-8,10H2;1H. The molecule has 1 saturated heterocycles. The molecule has 26 heavy (non-hydrogen) atoms. The largest absolute Gasteiger partial charge is 0.432 e. The first-order chi connectivity index (χ1) is 11.9. The normalized spacial score (nSPS) is 19.4. The minimum absolute atomic E-state index is 0. The third-order valence-corrected chi connectivity index (χ3v) is 6.50. The van der Waals surface area contributed by atoms with E-state index >= 15 is 0 Å². The van der Waals surface area contributed by atoms with Crippen molar-refractivity contribution >= 4 is 22.4 Å². The van der Waals surface area contributed by atoms with Gasteiger partial charge in [0.05, 0.1) is 4.90 Å². The van der Waals surface area contributed by atoms with Crippen LogP contribution in [0.3, 0.4) is 0 Å². The van der Waals surface area contributed by atoms with Crippen LogP contribution < -0.4 is 10.1 Å². The first-order valence-corrected chi connectivity index (χ1v) is 9.78. The number of nitrogens with one attached hydrogen (secondary N) is 1. The maximum atomic E-state index is 13.8. The predicted molar refractivity (Wildman–Crippen MR) is 92.8 cm³/mol. The van der Waals surface area contributed by atoms with Gasteiger partial charge in [0.2, 0.25) is 10.0 Å². The van der Waals surface area contributed by atoms with E-state index in [0.717, 1.165) is 30.7 Å². The molecule has 5 nitrogen and oxygen atoms in total. The van der Waals surface area contributed by atoms with E-state index in [1.807, 2.05) is 0 Å². The SMILES string of the molecule is Cl.O=S(=O)(c1ccc(OC(F)F)c(F)c1)N1CCC(NCC2CC2)CC1. The molecule has 1 N–H and O–H groups in total. The van der Waals surface area contributed by atoms with Gasteiger partial charge in [-0.25, -0.2) is 12.8 Å². The summed E-state index contributed by atoms with van der Waals surface area (Å²) in [5.41, 5.74) is 0. The molecule has 0 atom stereocenters. The van der Waals surface area contributed by atoms with Crippen LogP contribution in [0.25, 0.3) is 0 Å². The summed E-state index contributed by atoms with van der Waals surface area (Å²) in [7, 11) is -3.85. The number of hydrogen-bond donors (Lipinski definition) is 1. The average molecular weight is 415 g/mol. The Morgan fingerprint density at radius 3 is 2.38 bits per heavy atom. The van der Waals surface area contributed by atoms with Crippen LogP contribution >= 0.6 is 12.4 Å². The molecule has 1 saturated carbocycles. The number of benzene rings is 1. The lowest BCUT2D eigenvalue weighted by Crippen LogP contribution is -2.45. The molecular weight excluding hydrogens is 393 g/mol. The van der Waals surface area contributed by atoms with E-state index in [-0.39, 0.29) is 17.3 Å². The fourth-order valence-electron chi connectivity index (χ4n) is 2.94. The molecule has 1 aromatic rings. The fraction of sp³-hybridized carbons (Fsp3) is 0.625. The van der Waals surface area contributed by atoms with Gasteiger partial charge in [-0.3, -0.25) is 0 Å². The Kier molecular flexibility index (Phi) is 7.18. The highest BCUT2D eigenvalue weighted by molar-refractivity contribution is 7.89. The molecule has 1 aliphatic heterocycles. The lowest BCUT2D eigenvalue weighted by atomic mass is 10.1. The van der Waals surface area contributed by atoms with Gasteiger partial charge in [-0.05, 0) is 56.3 Å². The quantitative estimate of drug-likeness (QED) is 0.745. The minimum atomic E-state index is -3.85. The Morgan fingerprint density at radius 1 is 1.19 bits per heavy atom. The Bertz CT molecular complexity index is 709. The number of halogens is 4. The van der Waals surface area contributed by atoms with Crippen molar-refractivity contribution in [3.05, 3.63) is 24.0 Å². The summed E-state index contributed by atoms with van der Waals surface area (Å²) in [4.78, 5) is -0.254. The second-order valence-corrected chi connectivity index (χ2v) is 8.44. The molecule has 0 amide bonds. The number of sulfonamides is 1. The van der Waals surface area contributed by atoms with Crippen molar-refractivity contribution in [2.24, 2.45) is 5.92 Å². The van der Waals surface area contributed by atoms with E-state index in [1.165, 1.54) is 17.1 Å². The Labute approximate surface area is 157 Å². The molecule has 0 aromatic heterocycles. The van der Waals surface area contributed by atoms with Crippen molar-refractivity contribution in [2.45, 2.75) is 43.2 Å². The molecule has 10 heteroatoms. The first kappa shape index (κ1) is 21.3. The number of rotatable bonds is 7. The molecule has 2 aliphatic rings. The van der Waals surface area contributed by atoms with Crippen molar-refractivity contribution in [1.82, 2.24) is 9.62 Å². The number of piperidine rings is 1. The molecular formula is C16H22ClF3N2O3S. The highest BCUT2D eigenvalue weighted by Gasteiger charge is 2.31. The molecule has 148 valence electrons. The molecule has 1 aliphatic carbocycles. The van der Waals surface area contributed by atoms with Gasteiger partial charge in [0.25, 0.3) is 0 Å². The fourth-order valence-corrected chi connectivity index (χ4v) is 4.42. The van der Waals surface area contributed by atoms with Gasteiger partial charge in [0, 0.05) is 19.1 Å². The summed E-state index contributed by atoms with van der Waals surface area (Å²) >= 11 is 0. The number of hydrogen-bond acceptors (Lipinski definition) is 4. The van der Waals surface area contributed by atoms with Crippen molar-refractivity contribution < 1.29 is 26.3 Å². The highest BCUT2D eigenvalue weighted by Crippen LogP contribution is 2.29. The smallest absolute Gasteiger partial charge is 0.387 e. The number of ether oxygens (including phenoxy) is 1. The third-order valence-electron chi connectivity index (χ3n) is 4.60. The Hall–Kier alpha value is -1.03. The second kappa shape index (κ2) is 8.77. The van der Waals surface area contributed by atoms with Crippen molar-refractivity contribution in [3.63, 3.8) is 0 Å². The summed E-state index contributed by atoms with van der Waals surface area (Å²) < 4.78 is 68.6. The van der Waals surface area contributed by atoms with Crippen LogP contribution in [0.2, 0.25) is 0 Å². The van der Waals surface area contributed by atoms with E-state index in [2.05, 4.69) is 10.1 Å². The van der Waals surface area contributed by atoms with Gasteiger partial charge >= 0.3 is 6.61 Å². The molecule has 0 radical (unpaired) electrons. The van der Waals surface area contributed by atoms with Crippen LogP contribution in [0.5, 0.6) is 5.75 Å². The zero-order valence-corrected chi connectivity index (χ0v) is 15.7. The van der Waals surface area contributed by atoms with E-state index in [4.69, 9.17) is 0 Å². The third kappa shape index (κ3) is 5.25. The number of alkyl halides is 2. The monoisotopic (exact) mass is 414 g/mol. The van der Waals surface area contributed by atoms with Crippen LogP contribution in [0.1, 0.15) is 25.7 Å². The van der Waals surface area contributed by atoms with E-state index < -0.39 is 28.2 Å². The van der Waals surface area contributed by atoms with Crippen molar-refractivity contribution in [1.29, 1.82) is 0 Å². The maximum Gasteiger partial charge on any atom is 0.387 e. The van der Waals surface area contributed by atoms with Crippen LogP contribution in [-0.4, -0.2) is 45.0 Å². The lowest BCUT2D eigenvalue weighted by Gasteiger charge is -2.31. The van der Waals surface area contributed by atoms with Crippen LogP contribution in [-0.2, 0) is 10.0 Å². The van der Waals surface area contributed by atoms with Gasteiger partial charge < -0.3 is 10.1 Å². The van der Waals surface area contributed by atoms with Crippen LogP contribution in [0, 0.1) is 11.7 Å². The zero-order valence-electron chi connectivity index (χ0n) is 14.0. The predicted octanol–water partition coefficient (Wildman–Crippen LogP) is 3.00. The molecule has 1 heterocycles. The molecule has 2 fully saturated rings. The summed E-state index contributed by atoms with van der Waals surface area (Å²) in [5, 5.41) is 3.46. The number of nitrogens with zero attached hydrogens (tertiary/aromatic N) is 1. The summed E-state index contributed by atoms with van der Waals surface area (Å²) in [6, 6.07) is 3.03. The van der Waals surface area contributed by atoms with Gasteiger partial charge in [0.1, 0.15) is 0 Å². The van der Waals surface area contributed by atoms with Crippen LogP contribution in [0.15, 0.2) is 23.1 Å². The summed E-state index contributed by atoms with van der Waals surface area (Å²) in [6.45, 7) is -1.49. The zero-order chi connectivity index (χ0) is 18.0. The van der Waals surface area contributed by atoms with Crippen LogP contribution in [0.4, 0.5) is 13.2 Å². The second-order valence-electron chi connectivity index (χ2n) is 6.50. The van der Waals surface area contributed by atoms with Crippen molar-refractivity contribution in [3.8, 4) is 5.75 Å². The first-order valence-electron chi connectivity index (χ1n) is 8.34. The topological polar surface area (TPSA) is 58.6 Å². The molecule has 0 unspecified atom stereocenters. The van der Waals surface area contributed by atoms with Gasteiger partial charge in [-0.2, -0.15) is 13.1 Å². The maximum absolute atomic E-state index is 13.8. The minimum Gasteiger partial charge on any atom is -0.432 e. The average Bonchev–Trinajstić information content (AvgIpc) is 3.39. The Balaban J connectivity index is 0.00000243. The lowest BCUT2D eigenvalue weighted by molar-refractivity contribution is -0.0522. The highest BCUT2D eigenvalue weighted by atomic mass is 35.5. The molecule has 3 rings (SSSR count). The van der Waals surface area contributed by atoms with Gasteiger partial charge in [-0.15, -0.1) is 12.4 Å². The van der Waals surface area contributed by atoms with E-state index in [0.29, 0.717) is 32.0 Å². The van der Waals surface area contributed by atoms with E-state index in [1.54, 1.807) is 0 Å². The summed E-state index contributed by atoms with van der Waals surface area (Å²) in [5.74, 6) is -1.03. The molecule has 0 spiro atoms. The van der Waals surface area contributed by atoms with Crippen molar-refractivity contribution in [2.75, 3.05) is 19.6 Å². The van der Waals surface area contributed by atoms with Gasteiger partial charge in [0.15, 0.2) is 11.6 Å². The van der Waals surface area contributed by atoms with E-state index in [9.17, 15) is 21.6 Å². The Morgan fingerprint density at radius 2 is 1.85 bits per heavy atom. The summed E-state index contributed by atoms with van der Waals surface area (Å²) in [6.07, 6.45) is 3.91.